The van der Waals surface area contributed by atoms with Gasteiger partial charge in [-0.15, -0.1) is 0 Å². The molecule has 0 aromatic carbocycles. The van der Waals surface area contributed by atoms with E-state index in [0.717, 1.165) is 38.0 Å². The smallest absolute Gasteiger partial charge is 0.274 e. The molecule has 0 bridgehead atoms. The average molecular weight is 292 g/mol. The van der Waals surface area contributed by atoms with E-state index >= 15 is 0 Å². The van der Waals surface area contributed by atoms with Crippen molar-refractivity contribution in [3.05, 3.63) is 23.2 Å². The summed E-state index contributed by atoms with van der Waals surface area (Å²) >= 11 is 0. The SMILES string of the molecule is Nc1cc(C2CCCO2)[nH]n1.[C-]#[N+]CC(=O)C1CCCO1. The maximum atomic E-state index is 10.9. The van der Waals surface area contributed by atoms with Gasteiger partial charge in [-0.25, -0.2) is 6.57 Å². The zero-order chi connectivity index (χ0) is 15.1. The van der Waals surface area contributed by atoms with E-state index in [1.54, 1.807) is 0 Å². The number of anilines is 1. The number of nitrogen functional groups attached to an aromatic ring is 1. The van der Waals surface area contributed by atoms with E-state index in [1.807, 2.05) is 6.07 Å². The van der Waals surface area contributed by atoms with E-state index in [2.05, 4.69) is 15.0 Å². The number of ether oxygens (including phenoxy) is 2. The van der Waals surface area contributed by atoms with Gasteiger partial charge in [0.15, 0.2) is 0 Å². The molecule has 2 saturated heterocycles. The van der Waals surface area contributed by atoms with Gasteiger partial charge < -0.3 is 20.1 Å². The Labute approximate surface area is 123 Å². The van der Waals surface area contributed by atoms with Crippen LogP contribution in [0.1, 0.15) is 37.5 Å². The van der Waals surface area contributed by atoms with Crippen molar-refractivity contribution in [1.82, 2.24) is 10.2 Å². The molecule has 0 saturated carbocycles. The molecule has 3 rings (SSSR count). The van der Waals surface area contributed by atoms with Crippen molar-refractivity contribution in [3.63, 3.8) is 0 Å². The van der Waals surface area contributed by atoms with Crippen LogP contribution in [0.4, 0.5) is 5.82 Å². The van der Waals surface area contributed by atoms with Gasteiger partial charge in [-0.1, -0.05) is 0 Å². The summed E-state index contributed by atoms with van der Waals surface area (Å²) in [6.07, 6.45) is 3.88. The van der Waals surface area contributed by atoms with Crippen LogP contribution in [0, 0.1) is 6.57 Å². The molecule has 114 valence electrons. The number of rotatable bonds is 3. The fourth-order valence-electron chi connectivity index (χ4n) is 2.35. The lowest BCUT2D eigenvalue weighted by atomic mass is 10.2. The van der Waals surface area contributed by atoms with Crippen LogP contribution < -0.4 is 5.73 Å². The van der Waals surface area contributed by atoms with E-state index < -0.39 is 0 Å². The number of H-pyrrole nitrogens is 1. The highest BCUT2D eigenvalue weighted by molar-refractivity contribution is 5.86. The van der Waals surface area contributed by atoms with Gasteiger partial charge in [0.25, 0.3) is 6.54 Å². The molecule has 1 aromatic rings. The minimum Gasteiger partial charge on any atom is -0.382 e. The molecule has 0 spiro atoms. The van der Waals surface area contributed by atoms with Gasteiger partial charge in [0, 0.05) is 19.3 Å². The molecule has 3 N–H and O–H groups in total. The largest absolute Gasteiger partial charge is 0.382 e. The molecule has 0 aliphatic carbocycles. The average Bonchev–Trinajstić information content (AvgIpc) is 3.22. The quantitative estimate of drug-likeness (QED) is 0.823. The lowest BCUT2D eigenvalue weighted by Crippen LogP contribution is -2.20. The molecular weight excluding hydrogens is 272 g/mol. The maximum Gasteiger partial charge on any atom is 0.274 e. The maximum absolute atomic E-state index is 10.9. The van der Waals surface area contributed by atoms with Gasteiger partial charge in [-0.3, -0.25) is 9.89 Å². The molecule has 2 aliphatic heterocycles. The molecule has 2 atom stereocenters. The van der Waals surface area contributed by atoms with Crippen molar-refractivity contribution < 1.29 is 14.3 Å². The third kappa shape index (κ3) is 4.55. The zero-order valence-electron chi connectivity index (χ0n) is 11.9. The normalized spacial score (nSPS) is 24.1. The van der Waals surface area contributed by atoms with Crippen molar-refractivity contribution in [2.75, 3.05) is 25.5 Å². The number of carbonyl (C=O) groups excluding carboxylic acids is 1. The number of ketones is 1. The third-order valence-corrected chi connectivity index (χ3v) is 3.42. The van der Waals surface area contributed by atoms with Crippen molar-refractivity contribution >= 4 is 11.6 Å². The minimum atomic E-state index is -0.269. The number of hydrogen-bond acceptors (Lipinski definition) is 5. The fraction of sp³-hybridized carbons (Fsp3) is 0.643. The predicted octanol–water partition coefficient (Wildman–Crippen LogP) is 1.50. The van der Waals surface area contributed by atoms with Crippen LogP contribution >= 0.6 is 0 Å². The molecular formula is C14H20N4O3. The monoisotopic (exact) mass is 292 g/mol. The number of Topliss-reactive ketones (excluding diaryl/α,β-unsaturated/α-hetero) is 1. The van der Waals surface area contributed by atoms with Crippen molar-refractivity contribution in [1.29, 1.82) is 0 Å². The van der Waals surface area contributed by atoms with Gasteiger partial charge in [-0.2, -0.15) is 5.10 Å². The summed E-state index contributed by atoms with van der Waals surface area (Å²) in [5, 5.41) is 6.68. The summed E-state index contributed by atoms with van der Waals surface area (Å²) in [5.74, 6) is 0.475. The number of nitrogens with one attached hydrogen (secondary N) is 1. The van der Waals surface area contributed by atoms with Crippen LogP contribution in [-0.2, 0) is 14.3 Å². The topological polar surface area (TPSA) is 94.6 Å². The highest BCUT2D eigenvalue weighted by Gasteiger charge is 2.24. The first-order valence-corrected chi connectivity index (χ1v) is 7.10. The van der Waals surface area contributed by atoms with E-state index in [0.29, 0.717) is 12.4 Å². The molecule has 1 aromatic heterocycles. The summed E-state index contributed by atoms with van der Waals surface area (Å²) in [6.45, 7) is 7.95. The van der Waals surface area contributed by atoms with E-state index in [9.17, 15) is 4.79 Å². The molecule has 7 nitrogen and oxygen atoms in total. The van der Waals surface area contributed by atoms with E-state index in [4.69, 9.17) is 21.8 Å². The second-order valence-electron chi connectivity index (χ2n) is 5.03. The Hall–Kier alpha value is -1.91. The molecule has 3 heterocycles. The lowest BCUT2D eigenvalue weighted by Gasteiger charge is -2.03. The molecule has 2 unspecified atom stereocenters. The van der Waals surface area contributed by atoms with Gasteiger partial charge in [0.2, 0.25) is 5.78 Å². The summed E-state index contributed by atoms with van der Waals surface area (Å²) in [4.78, 5) is 13.9. The summed E-state index contributed by atoms with van der Waals surface area (Å²) in [7, 11) is 0. The van der Waals surface area contributed by atoms with Crippen molar-refractivity contribution in [2.45, 2.75) is 37.9 Å². The number of hydrogen-bond donors (Lipinski definition) is 2. The van der Waals surface area contributed by atoms with Gasteiger partial charge in [0.1, 0.15) is 11.9 Å². The van der Waals surface area contributed by atoms with Crippen LogP contribution in [-0.4, -0.2) is 41.8 Å². The van der Waals surface area contributed by atoms with E-state index in [1.165, 1.54) is 0 Å². The first-order valence-electron chi connectivity index (χ1n) is 7.10. The Morgan fingerprint density at radius 2 is 2.19 bits per heavy atom. The van der Waals surface area contributed by atoms with Gasteiger partial charge in [-0.05, 0) is 25.7 Å². The van der Waals surface area contributed by atoms with Crippen molar-refractivity contribution in [2.24, 2.45) is 0 Å². The number of carbonyl (C=O) groups is 1. The number of aromatic nitrogens is 2. The Kier molecular flexibility index (Phi) is 5.72. The van der Waals surface area contributed by atoms with Crippen molar-refractivity contribution in [3.8, 4) is 0 Å². The highest BCUT2D eigenvalue weighted by Crippen LogP contribution is 2.27. The Bertz CT molecular complexity index is 497. The molecule has 7 heteroatoms. The number of nitrogens with two attached hydrogens (primary N) is 1. The number of aromatic amines is 1. The van der Waals surface area contributed by atoms with Crippen LogP contribution in [0.3, 0.4) is 0 Å². The second-order valence-corrected chi connectivity index (χ2v) is 5.03. The Morgan fingerprint density at radius 1 is 1.43 bits per heavy atom. The zero-order valence-corrected chi connectivity index (χ0v) is 11.9. The van der Waals surface area contributed by atoms with Crippen LogP contribution in [0.2, 0.25) is 0 Å². The predicted molar refractivity (Wildman–Crippen MR) is 76.4 cm³/mol. The third-order valence-electron chi connectivity index (χ3n) is 3.42. The molecule has 2 aliphatic rings. The highest BCUT2D eigenvalue weighted by atomic mass is 16.5. The van der Waals surface area contributed by atoms with Gasteiger partial charge >= 0.3 is 0 Å². The Balaban J connectivity index is 0.000000155. The first-order chi connectivity index (χ1) is 10.2. The molecule has 0 radical (unpaired) electrons. The molecule has 21 heavy (non-hydrogen) atoms. The molecule has 2 fully saturated rings. The summed E-state index contributed by atoms with van der Waals surface area (Å²) in [6, 6.07) is 1.83. The second kappa shape index (κ2) is 7.76. The van der Waals surface area contributed by atoms with Crippen LogP contribution in [0.5, 0.6) is 0 Å². The first kappa shape index (κ1) is 15.5. The standard InChI is InChI=1S/C7H11N3O.C7H9NO2/c8-7-4-5(9-10-7)6-2-1-3-11-6;1-8-5-6(9)7-3-2-4-10-7/h4,6H,1-3H2,(H3,8,9,10);7H,2-5H2. The minimum absolute atomic E-state index is 0.0231. The number of nitrogens with zero attached hydrogens (tertiary/aromatic N) is 2. The summed E-state index contributed by atoms with van der Waals surface area (Å²) < 4.78 is 10.5. The fourth-order valence-corrected chi connectivity index (χ4v) is 2.35. The molecule has 0 amide bonds. The summed E-state index contributed by atoms with van der Waals surface area (Å²) in [5.41, 5.74) is 6.45. The Morgan fingerprint density at radius 3 is 2.71 bits per heavy atom. The van der Waals surface area contributed by atoms with E-state index in [-0.39, 0.29) is 24.5 Å². The van der Waals surface area contributed by atoms with Crippen LogP contribution in [0.15, 0.2) is 6.07 Å². The van der Waals surface area contributed by atoms with Gasteiger partial charge in [0.05, 0.1) is 11.8 Å². The lowest BCUT2D eigenvalue weighted by molar-refractivity contribution is -0.125. The van der Waals surface area contributed by atoms with Crippen LogP contribution in [0.25, 0.3) is 4.85 Å².